The molecular weight excluding hydrogens is 387 g/mol. The molecular formula is C19H22O5Se. The Bertz CT molecular complexity index is 708. The molecule has 4 rings (SSSR count). The summed E-state index contributed by atoms with van der Waals surface area (Å²) in [5.41, 5.74) is 0.649. The molecule has 2 saturated heterocycles. The van der Waals surface area contributed by atoms with Crippen LogP contribution in [0.4, 0.5) is 0 Å². The van der Waals surface area contributed by atoms with Crippen LogP contribution in [0, 0.1) is 11.8 Å². The third-order valence-corrected chi connectivity index (χ3v) is 9.07. The van der Waals surface area contributed by atoms with Gasteiger partial charge in [0.05, 0.1) is 0 Å². The van der Waals surface area contributed by atoms with E-state index in [1.54, 1.807) is 0 Å². The van der Waals surface area contributed by atoms with Gasteiger partial charge in [-0.1, -0.05) is 0 Å². The molecule has 1 unspecified atom stereocenters. The number of hydrogen-bond acceptors (Lipinski definition) is 5. The molecule has 134 valence electrons. The summed E-state index contributed by atoms with van der Waals surface area (Å²) >= 11 is -2.37. The third-order valence-electron chi connectivity index (χ3n) is 5.22. The van der Waals surface area contributed by atoms with Crippen LogP contribution >= 0.6 is 0 Å². The summed E-state index contributed by atoms with van der Waals surface area (Å²) in [5, 5.41) is 0. The fourth-order valence-electron chi connectivity index (χ4n) is 4.01. The monoisotopic (exact) mass is 410 g/mol. The Morgan fingerprint density at radius 2 is 1.84 bits per heavy atom. The first-order valence-corrected chi connectivity index (χ1v) is 11.2. The van der Waals surface area contributed by atoms with E-state index in [1.807, 2.05) is 36.4 Å². The predicted octanol–water partition coefficient (Wildman–Crippen LogP) is 1.96. The Morgan fingerprint density at radius 1 is 1.12 bits per heavy atom. The Balaban J connectivity index is 1.73. The molecule has 25 heavy (non-hydrogen) atoms. The van der Waals surface area contributed by atoms with E-state index in [1.165, 1.54) is 0 Å². The van der Waals surface area contributed by atoms with Crippen LogP contribution < -0.4 is 4.46 Å². The second-order valence-electron chi connectivity index (χ2n) is 6.99. The maximum absolute atomic E-state index is 13.3. The van der Waals surface area contributed by atoms with Crippen molar-refractivity contribution < 1.29 is 22.8 Å². The van der Waals surface area contributed by atoms with Gasteiger partial charge in [-0.2, -0.15) is 0 Å². The van der Waals surface area contributed by atoms with Crippen LogP contribution in [0.25, 0.3) is 0 Å². The summed E-state index contributed by atoms with van der Waals surface area (Å²) in [6.07, 6.45) is 3.23. The molecule has 0 saturated carbocycles. The van der Waals surface area contributed by atoms with Gasteiger partial charge >= 0.3 is 151 Å². The zero-order valence-corrected chi connectivity index (χ0v) is 15.9. The quantitative estimate of drug-likeness (QED) is 0.552. The summed E-state index contributed by atoms with van der Waals surface area (Å²) < 4.78 is 31.4. The number of allylic oxidation sites excluding steroid dienone is 1. The van der Waals surface area contributed by atoms with Gasteiger partial charge in [-0.15, -0.1) is 0 Å². The van der Waals surface area contributed by atoms with E-state index in [4.69, 9.17) is 14.2 Å². The van der Waals surface area contributed by atoms with Crippen LogP contribution in [-0.2, 0) is 22.8 Å². The molecule has 1 aromatic rings. The molecule has 6 heteroatoms. The van der Waals surface area contributed by atoms with Crippen molar-refractivity contribution in [3.8, 4) is 0 Å². The Labute approximate surface area is 151 Å². The van der Waals surface area contributed by atoms with Gasteiger partial charge in [0.2, 0.25) is 0 Å². The van der Waals surface area contributed by atoms with Crippen LogP contribution in [0.2, 0.25) is 4.82 Å². The summed E-state index contributed by atoms with van der Waals surface area (Å²) in [6, 6.07) is 9.54. The van der Waals surface area contributed by atoms with Gasteiger partial charge < -0.3 is 0 Å². The second kappa shape index (κ2) is 6.76. The summed E-state index contributed by atoms with van der Waals surface area (Å²) in [7, 11) is 0. The number of ether oxygens (including phenoxy) is 3. The van der Waals surface area contributed by atoms with E-state index >= 15 is 0 Å². The van der Waals surface area contributed by atoms with Crippen molar-refractivity contribution >= 4 is 24.3 Å². The van der Waals surface area contributed by atoms with E-state index in [-0.39, 0.29) is 22.6 Å². The fraction of sp³-hybridized carbons (Fsp3) is 0.526. The van der Waals surface area contributed by atoms with Gasteiger partial charge in [-0.3, -0.25) is 0 Å². The van der Waals surface area contributed by atoms with E-state index in [0.29, 0.717) is 38.2 Å². The number of carbonyl (C=O) groups is 1. The Hall–Kier alpha value is -1.33. The zero-order valence-electron chi connectivity index (χ0n) is 14.2. The average molecular weight is 409 g/mol. The number of benzene rings is 1. The van der Waals surface area contributed by atoms with Crippen molar-refractivity contribution in [2.24, 2.45) is 11.8 Å². The summed E-state index contributed by atoms with van der Waals surface area (Å²) in [6.45, 7) is 3.56. The molecule has 0 aromatic heterocycles. The number of carbonyl (C=O) groups excluding carboxylic acids is 1. The van der Waals surface area contributed by atoms with E-state index < -0.39 is 19.6 Å². The Morgan fingerprint density at radius 3 is 2.56 bits per heavy atom. The SMILES string of the molecule is C[C@H]1CC2(C[C@H]3COC(=O)/C3=C/[C@@H]1[Se](=O)c1ccccc1)OCCO2. The molecule has 2 fully saturated rings. The second-order valence-corrected chi connectivity index (χ2v) is 10.4. The predicted molar refractivity (Wildman–Crippen MR) is 91.8 cm³/mol. The topological polar surface area (TPSA) is 61.8 Å². The zero-order chi connectivity index (χ0) is 17.4. The van der Waals surface area contributed by atoms with Crippen LogP contribution in [0.5, 0.6) is 0 Å². The fourth-order valence-corrected chi connectivity index (χ4v) is 7.22. The molecule has 2 heterocycles. The molecule has 2 aliphatic heterocycles. The standard InChI is InChI=1S/C19H22O5Se/c1-13-10-19(23-7-8-24-19)11-14-12-22-18(20)16(14)9-17(13)25(21)15-5-3-2-4-6-15/h2-6,9,13-14,17H,7-8,10-12H2,1H3/b16-9+/t13-,14-,17-,25?/m0/s1. The minimum atomic E-state index is -2.37. The molecule has 3 aliphatic rings. The number of esters is 1. The van der Waals surface area contributed by atoms with Crippen molar-refractivity contribution in [3.63, 3.8) is 0 Å². The summed E-state index contributed by atoms with van der Waals surface area (Å²) in [5.74, 6) is -0.930. The molecule has 0 amide bonds. The summed E-state index contributed by atoms with van der Waals surface area (Å²) in [4.78, 5) is 12.0. The van der Waals surface area contributed by atoms with E-state index in [0.717, 1.165) is 4.46 Å². The first-order valence-electron chi connectivity index (χ1n) is 8.70. The van der Waals surface area contributed by atoms with Crippen LogP contribution in [0.3, 0.4) is 0 Å². The van der Waals surface area contributed by atoms with Gasteiger partial charge in [0, 0.05) is 0 Å². The molecule has 1 aliphatic carbocycles. The molecule has 0 bridgehead atoms. The van der Waals surface area contributed by atoms with Gasteiger partial charge in [-0.05, 0) is 0 Å². The molecule has 0 radical (unpaired) electrons. The first kappa shape index (κ1) is 17.1. The molecule has 1 spiro atoms. The van der Waals surface area contributed by atoms with Crippen molar-refractivity contribution in [3.05, 3.63) is 42.0 Å². The number of hydrogen-bond donors (Lipinski definition) is 0. The van der Waals surface area contributed by atoms with Crippen LogP contribution in [0.1, 0.15) is 19.8 Å². The minimum absolute atomic E-state index is 0.0461. The normalized spacial score (nSPS) is 34.5. The molecule has 5 nitrogen and oxygen atoms in total. The number of cyclic esters (lactones) is 1. The van der Waals surface area contributed by atoms with Crippen LogP contribution in [0.15, 0.2) is 42.0 Å². The van der Waals surface area contributed by atoms with E-state index in [9.17, 15) is 8.63 Å². The third kappa shape index (κ3) is 3.24. The van der Waals surface area contributed by atoms with Gasteiger partial charge in [0.15, 0.2) is 0 Å². The molecule has 4 atom stereocenters. The van der Waals surface area contributed by atoms with Crippen molar-refractivity contribution in [2.45, 2.75) is 30.4 Å². The van der Waals surface area contributed by atoms with Crippen molar-refractivity contribution in [1.29, 1.82) is 0 Å². The Kier molecular flexibility index (Phi) is 4.63. The van der Waals surface area contributed by atoms with Crippen molar-refractivity contribution in [1.82, 2.24) is 0 Å². The average Bonchev–Trinajstić information content (AvgIpc) is 3.19. The van der Waals surface area contributed by atoms with Crippen molar-refractivity contribution in [2.75, 3.05) is 19.8 Å². The first-order chi connectivity index (χ1) is 12.1. The van der Waals surface area contributed by atoms with Gasteiger partial charge in [0.1, 0.15) is 0 Å². The van der Waals surface area contributed by atoms with Gasteiger partial charge in [0.25, 0.3) is 0 Å². The van der Waals surface area contributed by atoms with Crippen LogP contribution in [-0.4, -0.2) is 45.4 Å². The molecule has 0 N–H and O–H groups in total. The molecule has 1 aromatic carbocycles. The number of fused-ring (bicyclic) bond motifs is 1. The van der Waals surface area contributed by atoms with Gasteiger partial charge in [-0.25, -0.2) is 0 Å². The van der Waals surface area contributed by atoms with E-state index in [2.05, 4.69) is 6.92 Å². The number of rotatable bonds is 2. The maximum atomic E-state index is 13.3.